The summed E-state index contributed by atoms with van der Waals surface area (Å²) in [6, 6.07) is 5.28. The second kappa shape index (κ2) is 7.00. The minimum atomic E-state index is -0.325. The van der Waals surface area contributed by atoms with Crippen LogP contribution in [0.25, 0.3) is 0 Å². The van der Waals surface area contributed by atoms with Crippen LogP contribution in [0.15, 0.2) is 41.3 Å². The number of hydrogen-bond acceptors (Lipinski definition) is 5. The number of nitrogens with one attached hydrogen (secondary N) is 1. The average molecular weight is 336 g/mol. The van der Waals surface area contributed by atoms with E-state index >= 15 is 0 Å². The van der Waals surface area contributed by atoms with Crippen LogP contribution >= 0.6 is 15.9 Å². The average Bonchev–Trinajstić information content (AvgIpc) is 2.47. The lowest BCUT2D eigenvalue weighted by Gasteiger charge is -2.09. The van der Waals surface area contributed by atoms with Crippen molar-refractivity contribution >= 4 is 27.6 Å². The number of carbonyl (C=O) groups excluding carboxylic acids is 1. The Morgan fingerprint density at radius 3 is 2.90 bits per heavy atom. The highest BCUT2D eigenvalue weighted by Crippen LogP contribution is 2.24. The van der Waals surface area contributed by atoms with Crippen LogP contribution in [-0.4, -0.2) is 22.5 Å². The van der Waals surface area contributed by atoms with E-state index in [1.165, 1.54) is 0 Å². The number of anilines is 1. The summed E-state index contributed by atoms with van der Waals surface area (Å²) in [6.07, 6.45) is 4.98. The largest absolute Gasteiger partial charge is 0.462 e. The topological polar surface area (TPSA) is 64.1 Å². The Hall–Kier alpha value is -1.95. The lowest BCUT2D eigenvalue weighted by Crippen LogP contribution is -2.06. The van der Waals surface area contributed by atoms with Crippen molar-refractivity contribution in [2.45, 2.75) is 13.5 Å². The molecular weight excluding hydrogens is 322 g/mol. The molecule has 0 radical (unpaired) electrons. The SMILES string of the molecule is CCOC(=O)c1ccc(NCc2cnccn2)c(Br)c1. The van der Waals surface area contributed by atoms with Crippen LogP contribution in [-0.2, 0) is 11.3 Å². The highest BCUT2D eigenvalue weighted by atomic mass is 79.9. The van der Waals surface area contributed by atoms with E-state index in [4.69, 9.17) is 4.74 Å². The maximum Gasteiger partial charge on any atom is 0.338 e. The fraction of sp³-hybridized carbons (Fsp3) is 0.214. The first-order chi connectivity index (χ1) is 9.70. The van der Waals surface area contributed by atoms with Crippen molar-refractivity contribution in [2.24, 2.45) is 0 Å². The Balaban J connectivity index is 2.04. The molecular formula is C14H14BrN3O2. The lowest BCUT2D eigenvalue weighted by molar-refractivity contribution is 0.0526. The third kappa shape index (κ3) is 3.77. The summed E-state index contributed by atoms with van der Waals surface area (Å²) < 4.78 is 5.75. The second-order valence-electron chi connectivity index (χ2n) is 3.97. The van der Waals surface area contributed by atoms with Gasteiger partial charge in [0.1, 0.15) is 0 Å². The summed E-state index contributed by atoms with van der Waals surface area (Å²) in [6.45, 7) is 2.71. The molecule has 20 heavy (non-hydrogen) atoms. The van der Waals surface area contributed by atoms with Crippen LogP contribution < -0.4 is 5.32 Å². The zero-order valence-corrected chi connectivity index (χ0v) is 12.6. The summed E-state index contributed by atoms with van der Waals surface area (Å²) in [5.41, 5.74) is 2.24. The van der Waals surface area contributed by atoms with Gasteiger partial charge in [0, 0.05) is 22.6 Å². The van der Waals surface area contributed by atoms with Crippen molar-refractivity contribution in [3.8, 4) is 0 Å². The van der Waals surface area contributed by atoms with Crippen molar-refractivity contribution in [1.82, 2.24) is 9.97 Å². The molecule has 0 spiro atoms. The zero-order valence-electron chi connectivity index (χ0n) is 11.0. The second-order valence-corrected chi connectivity index (χ2v) is 4.82. The Morgan fingerprint density at radius 2 is 2.25 bits per heavy atom. The molecule has 5 nitrogen and oxygen atoms in total. The normalized spacial score (nSPS) is 10.1. The third-order valence-electron chi connectivity index (χ3n) is 2.56. The number of rotatable bonds is 5. The van der Waals surface area contributed by atoms with E-state index in [-0.39, 0.29) is 5.97 Å². The Kier molecular flexibility index (Phi) is 5.06. The van der Waals surface area contributed by atoms with Gasteiger partial charge in [0.2, 0.25) is 0 Å². The van der Waals surface area contributed by atoms with Crippen LogP contribution in [0.2, 0.25) is 0 Å². The molecule has 0 aliphatic carbocycles. The van der Waals surface area contributed by atoms with Crippen molar-refractivity contribution in [1.29, 1.82) is 0 Å². The number of esters is 1. The van der Waals surface area contributed by atoms with Gasteiger partial charge in [-0.2, -0.15) is 0 Å². The molecule has 1 aromatic carbocycles. The van der Waals surface area contributed by atoms with Gasteiger partial charge in [-0.15, -0.1) is 0 Å². The van der Waals surface area contributed by atoms with Gasteiger partial charge < -0.3 is 10.1 Å². The Labute approximate surface area is 125 Å². The maximum absolute atomic E-state index is 11.6. The number of halogens is 1. The number of aromatic nitrogens is 2. The summed E-state index contributed by atoms with van der Waals surface area (Å²) in [4.78, 5) is 19.8. The van der Waals surface area contributed by atoms with E-state index in [0.29, 0.717) is 18.7 Å². The minimum Gasteiger partial charge on any atom is -0.462 e. The van der Waals surface area contributed by atoms with Crippen LogP contribution in [0, 0.1) is 0 Å². The first kappa shape index (κ1) is 14.5. The molecule has 0 bridgehead atoms. The molecule has 0 atom stereocenters. The van der Waals surface area contributed by atoms with E-state index in [2.05, 4.69) is 31.2 Å². The highest BCUT2D eigenvalue weighted by Gasteiger charge is 2.09. The monoisotopic (exact) mass is 335 g/mol. The molecule has 1 N–H and O–H groups in total. The van der Waals surface area contributed by atoms with E-state index < -0.39 is 0 Å². The van der Waals surface area contributed by atoms with Crippen molar-refractivity contribution in [3.63, 3.8) is 0 Å². The molecule has 0 amide bonds. The van der Waals surface area contributed by atoms with Gasteiger partial charge in [-0.3, -0.25) is 9.97 Å². The van der Waals surface area contributed by atoms with Crippen LogP contribution in [0.1, 0.15) is 23.0 Å². The first-order valence-corrected chi connectivity index (χ1v) is 6.95. The molecule has 0 fully saturated rings. The van der Waals surface area contributed by atoms with E-state index in [9.17, 15) is 4.79 Å². The first-order valence-electron chi connectivity index (χ1n) is 6.16. The fourth-order valence-corrected chi connectivity index (χ4v) is 2.13. The summed E-state index contributed by atoms with van der Waals surface area (Å²) in [7, 11) is 0. The molecule has 0 saturated heterocycles. The van der Waals surface area contributed by atoms with Gasteiger partial charge in [-0.1, -0.05) is 0 Å². The highest BCUT2D eigenvalue weighted by molar-refractivity contribution is 9.10. The standard InChI is InChI=1S/C14H14BrN3O2/c1-2-20-14(19)10-3-4-13(12(15)7-10)18-9-11-8-16-5-6-17-11/h3-8,18H,2,9H2,1H3. The van der Waals surface area contributed by atoms with E-state index in [0.717, 1.165) is 15.9 Å². The predicted molar refractivity (Wildman–Crippen MR) is 79.5 cm³/mol. The van der Waals surface area contributed by atoms with Crippen LogP contribution in [0.3, 0.4) is 0 Å². The predicted octanol–water partition coefficient (Wildman–Crippen LogP) is 3.03. The number of carbonyl (C=O) groups is 1. The van der Waals surface area contributed by atoms with Crippen molar-refractivity contribution in [3.05, 3.63) is 52.5 Å². The number of benzene rings is 1. The number of nitrogens with zero attached hydrogens (tertiary/aromatic N) is 2. The van der Waals surface area contributed by atoms with Gasteiger partial charge in [-0.25, -0.2) is 4.79 Å². The molecule has 2 rings (SSSR count). The van der Waals surface area contributed by atoms with Crippen LogP contribution in [0.4, 0.5) is 5.69 Å². The quantitative estimate of drug-likeness (QED) is 0.851. The van der Waals surface area contributed by atoms with Gasteiger partial charge in [0.25, 0.3) is 0 Å². The molecule has 0 unspecified atom stereocenters. The fourth-order valence-electron chi connectivity index (χ4n) is 1.61. The molecule has 1 aromatic heterocycles. The summed E-state index contributed by atoms with van der Waals surface area (Å²) in [5.74, 6) is -0.325. The summed E-state index contributed by atoms with van der Waals surface area (Å²) in [5, 5.41) is 3.23. The third-order valence-corrected chi connectivity index (χ3v) is 3.21. The van der Waals surface area contributed by atoms with E-state index in [1.54, 1.807) is 37.6 Å². The number of ether oxygens (including phenoxy) is 1. The molecule has 104 valence electrons. The molecule has 6 heteroatoms. The summed E-state index contributed by atoms with van der Waals surface area (Å²) >= 11 is 3.43. The van der Waals surface area contributed by atoms with Gasteiger partial charge in [0.05, 0.1) is 30.6 Å². The molecule has 0 aliphatic rings. The molecule has 1 heterocycles. The molecule has 0 aliphatic heterocycles. The Morgan fingerprint density at radius 1 is 1.40 bits per heavy atom. The lowest BCUT2D eigenvalue weighted by atomic mass is 10.2. The smallest absolute Gasteiger partial charge is 0.338 e. The van der Waals surface area contributed by atoms with Crippen LogP contribution in [0.5, 0.6) is 0 Å². The Bertz CT molecular complexity index is 590. The molecule has 0 saturated carbocycles. The van der Waals surface area contributed by atoms with Gasteiger partial charge in [0.15, 0.2) is 0 Å². The van der Waals surface area contributed by atoms with Gasteiger partial charge >= 0.3 is 5.97 Å². The maximum atomic E-state index is 11.6. The van der Waals surface area contributed by atoms with Crippen molar-refractivity contribution < 1.29 is 9.53 Å². The number of hydrogen-bond donors (Lipinski definition) is 1. The van der Waals surface area contributed by atoms with Gasteiger partial charge in [-0.05, 0) is 41.1 Å². The minimum absolute atomic E-state index is 0.325. The zero-order chi connectivity index (χ0) is 14.4. The van der Waals surface area contributed by atoms with Crippen molar-refractivity contribution in [2.75, 3.05) is 11.9 Å². The molecule has 2 aromatic rings. The van der Waals surface area contributed by atoms with E-state index in [1.807, 2.05) is 6.07 Å².